The van der Waals surface area contributed by atoms with Gasteiger partial charge in [-0.25, -0.2) is 0 Å². The maximum atomic E-state index is 8.56. The topological polar surface area (TPSA) is 57.2 Å². The quantitative estimate of drug-likeness (QED) is 0.366. The van der Waals surface area contributed by atoms with Gasteiger partial charge in [0.1, 0.15) is 0 Å². The van der Waals surface area contributed by atoms with E-state index in [2.05, 4.69) is 12.2 Å². The third kappa shape index (κ3) is 47.2. The van der Waals surface area contributed by atoms with Crippen LogP contribution in [0.1, 0.15) is 0 Å². The molecule has 7 heavy (non-hydrogen) atoms. The van der Waals surface area contributed by atoms with Crippen LogP contribution in [0.25, 0.3) is 0 Å². The van der Waals surface area contributed by atoms with Gasteiger partial charge < -0.3 is 0 Å². The van der Waals surface area contributed by atoms with Crippen molar-refractivity contribution in [1.29, 1.82) is 0 Å². The molecule has 0 amide bonds. The molecule has 7 heteroatoms. The Labute approximate surface area is 110 Å². The van der Waals surface area contributed by atoms with Crippen molar-refractivity contribution in [2.45, 2.75) is 0 Å². The van der Waals surface area contributed by atoms with E-state index in [0.29, 0.717) is 0 Å². The molecule has 0 radical (unpaired) electrons. The van der Waals surface area contributed by atoms with Gasteiger partial charge in [-0.15, -0.1) is 0 Å². The van der Waals surface area contributed by atoms with Crippen LogP contribution in [0.15, 0.2) is 0 Å². The van der Waals surface area contributed by atoms with E-state index >= 15 is 0 Å². The molecule has 0 saturated heterocycles. The summed E-state index contributed by atoms with van der Waals surface area (Å²) >= 11 is 0.146. The molecule has 0 N–H and O–H groups in total. The van der Waals surface area contributed by atoms with Crippen LogP contribution in [0.5, 0.6) is 0 Å². The zero-order valence-corrected chi connectivity index (χ0v) is 14.2. The number of halogens is 1. The van der Waals surface area contributed by atoms with E-state index in [-0.39, 0.29) is 51.4 Å². The molecule has 0 heterocycles. The first-order valence-corrected chi connectivity index (χ1v) is 12.2. The summed E-state index contributed by atoms with van der Waals surface area (Å²) in [5.74, 6) is 0. The molecule has 0 saturated carbocycles. The van der Waals surface area contributed by atoms with Crippen LogP contribution in [-0.2, 0) is 22.7 Å². The fourth-order valence-electron chi connectivity index (χ4n) is 0. The van der Waals surface area contributed by atoms with Gasteiger partial charge in [-0.05, 0) is 0 Å². The molecule has 0 aromatic heterocycles. The average Bonchev–Trinajstić information content (AvgIpc) is 1.41. The molecular weight excluding hydrogens is 427 g/mol. The predicted octanol–water partition coefficient (Wildman–Crippen LogP) is -4.50. The van der Waals surface area contributed by atoms with Crippen LogP contribution in [0.4, 0.5) is 0 Å². The van der Waals surface area contributed by atoms with Gasteiger partial charge in [0.25, 0.3) is 0 Å². The van der Waals surface area contributed by atoms with E-state index in [4.69, 9.17) is 11.4 Å². The van der Waals surface area contributed by atoms with Gasteiger partial charge in [0.2, 0.25) is 0 Å². The summed E-state index contributed by atoms with van der Waals surface area (Å²) in [7, 11) is 0. The number of hydrogen-bond acceptors (Lipinski definition) is 3. The Bertz CT molecular complexity index is 63.3. The number of rotatable bonds is 0. The zero-order valence-electron chi connectivity index (χ0n) is 3.63. The summed E-state index contributed by atoms with van der Waals surface area (Å²) in [4.78, 5) is 0. The SMILES string of the molecule is [Br][BiH2].[K+].[O]=[V](=[O])[O-]. The van der Waals surface area contributed by atoms with Crippen molar-refractivity contribution in [2.24, 2.45) is 0 Å². The van der Waals surface area contributed by atoms with E-state index in [1.165, 1.54) is 0 Å². The van der Waals surface area contributed by atoms with Crippen LogP contribution in [-0.4, -0.2) is 22.4 Å². The minimum atomic E-state index is -3.94. The molecule has 3 nitrogen and oxygen atoms in total. The van der Waals surface area contributed by atoms with Crippen LogP contribution in [0, 0.1) is 0 Å². The Morgan fingerprint density at radius 3 is 1.43 bits per heavy atom. The third-order valence-corrected chi connectivity index (χ3v) is 0. The van der Waals surface area contributed by atoms with Crippen LogP contribution in [0.2, 0.25) is 0 Å². The molecule has 0 spiro atoms. The Balaban J connectivity index is -0.0000000480. The minimum absolute atomic E-state index is 0. The summed E-state index contributed by atoms with van der Waals surface area (Å²) in [5.41, 5.74) is 0. The van der Waals surface area contributed by atoms with Crippen molar-refractivity contribution >= 4 is 34.6 Å². The Hall–Kier alpha value is 3.14. The van der Waals surface area contributed by atoms with Crippen LogP contribution >= 0.6 is 12.2 Å². The second-order valence-corrected chi connectivity index (χ2v) is 0.922. The first-order chi connectivity index (χ1) is 2.73. The summed E-state index contributed by atoms with van der Waals surface area (Å²) in [5, 5.41) is 0. The predicted molar refractivity (Wildman–Crippen MR) is 18.8 cm³/mol. The van der Waals surface area contributed by atoms with Gasteiger partial charge in [0.15, 0.2) is 0 Å². The van der Waals surface area contributed by atoms with Crippen molar-refractivity contribution in [3.8, 4) is 0 Å². The maximum absolute atomic E-state index is 8.56. The molecule has 0 fully saturated rings. The summed E-state index contributed by atoms with van der Waals surface area (Å²) in [6.45, 7) is 0. The molecule has 0 aromatic carbocycles. The molecule has 0 aliphatic rings. The van der Waals surface area contributed by atoms with E-state index in [0.717, 1.165) is 22.4 Å². The fraction of sp³-hybridized carbons (Fsp3) is 0. The molecule has 0 aliphatic carbocycles. The average molecular weight is 429 g/mol. The molecule has 0 aromatic rings. The van der Waals surface area contributed by atoms with Crippen molar-refractivity contribution in [3.63, 3.8) is 0 Å². The Morgan fingerprint density at radius 2 is 1.43 bits per heavy atom. The third-order valence-electron chi connectivity index (χ3n) is 0. The van der Waals surface area contributed by atoms with Crippen molar-refractivity contribution in [1.82, 2.24) is 0 Å². The molecule has 38 valence electrons. The zero-order chi connectivity index (χ0) is 5.58. The van der Waals surface area contributed by atoms with Gasteiger partial charge in [0, 0.05) is 0 Å². The first kappa shape index (κ1) is 16.6. The first-order valence-electron chi connectivity index (χ1n) is 0.766. The van der Waals surface area contributed by atoms with E-state index in [9.17, 15) is 0 Å². The van der Waals surface area contributed by atoms with Crippen molar-refractivity contribution < 1.29 is 78.2 Å². The standard InChI is InChI=1S/Bi.BrH.K.3O.V.2H/h;1H;;;;;;;/q+1;;+1;;;-1;;;/p-1. The van der Waals surface area contributed by atoms with Crippen LogP contribution in [0.3, 0.4) is 0 Å². The van der Waals surface area contributed by atoms with Gasteiger partial charge >= 0.3 is 113 Å². The molecular formula is H2BiBrKO3V. The molecule has 0 bridgehead atoms. The van der Waals surface area contributed by atoms with Gasteiger partial charge in [-0.1, -0.05) is 0 Å². The van der Waals surface area contributed by atoms with Crippen molar-refractivity contribution in [2.75, 3.05) is 0 Å². The van der Waals surface area contributed by atoms with E-state index < -0.39 is 15.4 Å². The van der Waals surface area contributed by atoms with Crippen molar-refractivity contribution in [3.05, 3.63) is 0 Å². The molecule has 0 atom stereocenters. The van der Waals surface area contributed by atoms with Gasteiger partial charge in [-0.2, -0.15) is 0 Å². The monoisotopic (exact) mass is 428 g/mol. The summed E-state index contributed by atoms with van der Waals surface area (Å²) in [6.07, 6.45) is 0. The van der Waals surface area contributed by atoms with Gasteiger partial charge in [-0.3, -0.25) is 0 Å². The second-order valence-electron chi connectivity index (χ2n) is 0.224. The normalized spacial score (nSPS) is 4.43. The molecule has 0 unspecified atom stereocenters. The summed E-state index contributed by atoms with van der Waals surface area (Å²) in [6, 6.07) is 0. The second kappa shape index (κ2) is 16.1. The van der Waals surface area contributed by atoms with E-state index in [1.807, 2.05) is 0 Å². The Kier molecular flexibility index (Phi) is 38.1. The molecule has 0 aliphatic heterocycles. The molecule has 0 rings (SSSR count). The van der Waals surface area contributed by atoms with E-state index in [1.54, 1.807) is 0 Å². The fourth-order valence-corrected chi connectivity index (χ4v) is 0. The number of hydrogen-bond donors (Lipinski definition) is 0. The Morgan fingerprint density at radius 1 is 1.43 bits per heavy atom. The van der Waals surface area contributed by atoms with Gasteiger partial charge in [0.05, 0.1) is 0 Å². The van der Waals surface area contributed by atoms with Crippen LogP contribution < -0.4 is 55.4 Å². The summed E-state index contributed by atoms with van der Waals surface area (Å²) < 4.78 is 25.7.